The van der Waals surface area contributed by atoms with Gasteiger partial charge in [-0.25, -0.2) is 9.56 Å². The van der Waals surface area contributed by atoms with Crippen molar-refractivity contribution in [2.24, 2.45) is 4.99 Å². The standard InChI is InChI=1S/C33H31N3.H3O4P.4H2O.W/c1-35(2)27-18-14-24(15-19-27)33(25-16-20-28(21-17-25)36(3)4)31-22-23-32(30-13-9-8-12-29(30)31)34-26-10-6-5-7-11-26;1-5(2,3)4;;;;;/h5-23H,1-4H3;(H3,1,2,3,4);4*1H2;/p-1. The molecule has 5 rings (SSSR count). The van der Waals surface area contributed by atoms with E-state index in [1.807, 2.05) is 30.3 Å². The van der Waals surface area contributed by atoms with Crippen LogP contribution in [0.2, 0.25) is 0 Å². The van der Waals surface area contributed by atoms with Crippen LogP contribution in [0.4, 0.5) is 17.1 Å². The summed E-state index contributed by atoms with van der Waals surface area (Å²) in [6, 6.07) is 36.4. The number of fused-ring (bicyclic) bond motifs is 1. The molecule has 1 aliphatic rings. The van der Waals surface area contributed by atoms with Crippen LogP contribution in [0, 0.1) is 0 Å². The van der Waals surface area contributed by atoms with Crippen LogP contribution in [-0.4, -0.2) is 70.5 Å². The number of allylic oxidation sites excluding steroid dienone is 3. The first-order chi connectivity index (χ1) is 19.5. The Bertz CT molecular complexity index is 1580. The Balaban J connectivity index is 0. The molecule has 46 heavy (non-hydrogen) atoms. The van der Waals surface area contributed by atoms with Gasteiger partial charge in [-0.15, -0.1) is 0 Å². The van der Waals surface area contributed by atoms with Gasteiger partial charge in [0.1, 0.15) is 0 Å². The normalized spacial score (nSPS) is 11.8. The molecule has 1 aliphatic carbocycles. The summed E-state index contributed by atoms with van der Waals surface area (Å²) in [5, 5.41) is 0. The summed E-state index contributed by atoms with van der Waals surface area (Å²) >= 11 is 0. The third-order valence-corrected chi connectivity index (χ3v) is 6.52. The van der Waals surface area contributed by atoms with E-state index in [2.05, 4.69) is 123 Å². The van der Waals surface area contributed by atoms with Gasteiger partial charge >= 0.3 is 7.82 Å². The summed E-state index contributed by atoms with van der Waals surface area (Å²) in [7, 11) is 3.65. The zero-order valence-corrected chi connectivity index (χ0v) is 29.7. The number of anilines is 2. The molecule has 13 heteroatoms. The topological polar surface area (TPSA) is 221 Å². The van der Waals surface area contributed by atoms with Gasteiger partial charge in [0.15, 0.2) is 0 Å². The zero-order chi connectivity index (χ0) is 29.6. The average molecular weight is 823 g/mol. The van der Waals surface area contributed by atoms with Gasteiger partial charge in [-0.05, 0) is 70.3 Å². The van der Waals surface area contributed by atoms with E-state index in [9.17, 15) is 0 Å². The molecular formula is C33H41N3O8PW-. The predicted octanol–water partition coefficient (Wildman–Crippen LogP) is 3.89. The first-order valence-electron chi connectivity index (χ1n) is 13.0. The Hall–Kier alpha value is -3.73. The largest absolute Gasteiger partial charge is 0.870 e. The van der Waals surface area contributed by atoms with E-state index in [0.29, 0.717) is 0 Å². The predicted molar refractivity (Wildman–Crippen MR) is 183 cm³/mol. The van der Waals surface area contributed by atoms with Gasteiger partial charge in [0.25, 0.3) is 0 Å². The SMILES string of the molecule is CN(C)c1ccc(C(=C2C=CC(=Nc3ccccc3)c3ccccc32)c2ccc(N(C)C)cc2)cc1.O.O.O.O=P(O)(O)O.[OH-].[W]. The minimum absolute atomic E-state index is 0. The number of hydrogen-bond acceptors (Lipinski definition) is 5. The van der Waals surface area contributed by atoms with E-state index >= 15 is 0 Å². The van der Waals surface area contributed by atoms with Crippen molar-refractivity contribution >= 4 is 41.7 Å². The van der Waals surface area contributed by atoms with Gasteiger partial charge in [0, 0.05) is 66.2 Å². The summed E-state index contributed by atoms with van der Waals surface area (Å²) in [4.78, 5) is 30.8. The zero-order valence-electron chi connectivity index (χ0n) is 25.9. The van der Waals surface area contributed by atoms with Crippen molar-refractivity contribution in [3.63, 3.8) is 0 Å². The van der Waals surface area contributed by atoms with Crippen molar-refractivity contribution in [1.29, 1.82) is 0 Å². The van der Waals surface area contributed by atoms with Crippen LogP contribution in [0.5, 0.6) is 0 Å². The second-order valence-electron chi connectivity index (χ2n) is 9.90. The molecule has 248 valence electrons. The average Bonchev–Trinajstić information content (AvgIpc) is 2.94. The van der Waals surface area contributed by atoms with Crippen molar-refractivity contribution in [2.45, 2.75) is 0 Å². The van der Waals surface area contributed by atoms with Crippen molar-refractivity contribution in [1.82, 2.24) is 0 Å². The number of benzene rings is 4. The second-order valence-corrected chi connectivity index (χ2v) is 10.9. The van der Waals surface area contributed by atoms with E-state index in [-0.39, 0.29) is 43.0 Å². The van der Waals surface area contributed by atoms with Gasteiger partial charge in [0.2, 0.25) is 0 Å². The van der Waals surface area contributed by atoms with Gasteiger partial charge in [0.05, 0.1) is 11.4 Å². The molecule has 0 atom stereocenters. The fourth-order valence-corrected chi connectivity index (χ4v) is 4.57. The van der Waals surface area contributed by atoms with E-state index in [4.69, 9.17) is 24.2 Å². The second kappa shape index (κ2) is 19.7. The number of phosphoric acid groups is 1. The summed E-state index contributed by atoms with van der Waals surface area (Å²) in [5.74, 6) is 0. The fourth-order valence-electron chi connectivity index (χ4n) is 4.57. The van der Waals surface area contributed by atoms with Crippen molar-refractivity contribution in [3.8, 4) is 0 Å². The Morgan fingerprint density at radius 1 is 0.609 bits per heavy atom. The number of rotatable bonds is 5. The number of para-hydroxylation sites is 1. The monoisotopic (exact) mass is 822 g/mol. The molecule has 4 aromatic carbocycles. The van der Waals surface area contributed by atoms with E-state index in [1.54, 1.807) is 0 Å². The summed E-state index contributed by atoms with van der Waals surface area (Å²) in [5.41, 5.74) is 11.4. The molecule has 0 saturated carbocycles. The van der Waals surface area contributed by atoms with Crippen LogP contribution < -0.4 is 9.80 Å². The Labute approximate surface area is 283 Å². The maximum absolute atomic E-state index is 8.88. The molecule has 4 aromatic rings. The molecule has 0 saturated heterocycles. The number of hydrogen-bond donors (Lipinski definition) is 3. The number of aliphatic imine (C=N–C) groups is 1. The van der Waals surface area contributed by atoms with Crippen molar-refractivity contribution in [3.05, 3.63) is 138 Å². The molecule has 0 amide bonds. The summed E-state index contributed by atoms with van der Waals surface area (Å²) < 4.78 is 8.88. The first kappa shape index (κ1) is 44.4. The fraction of sp³-hybridized carbons (Fsp3) is 0.121. The third kappa shape index (κ3) is 11.9. The minimum atomic E-state index is -4.64. The Kier molecular flexibility index (Phi) is 19.0. The van der Waals surface area contributed by atoms with Crippen molar-refractivity contribution < 1.29 is 62.2 Å². The molecule has 0 spiro atoms. The molecule has 0 fully saturated rings. The molecule has 0 heterocycles. The van der Waals surface area contributed by atoms with Crippen LogP contribution in [0.1, 0.15) is 22.3 Å². The van der Waals surface area contributed by atoms with Gasteiger partial charge in [-0.1, -0.05) is 72.8 Å². The van der Waals surface area contributed by atoms with Crippen LogP contribution in [0.15, 0.2) is 120 Å². The van der Waals surface area contributed by atoms with Crippen LogP contribution in [-0.2, 0) is 25.6 Å². The Morgan fingerprint density at radius 3 is 1.41 bits per heavy atom. The van der Waals surface area contributed by atoms with Gasteiger partial charge in [-0.2, -0.15) is 0 Å². The Morgan fingerprint density at radius 2 is 1.00 bits per heavy atom. The maximum Gasteiger partial charge on any atom is 0.466 e. The number of nitrogens with zero attached hydrogens (tertiary/aromatic N) is 3. The molecule has 10 N–H and O–H groups in total. The van der Waals surface area contributed by atoms with E-state index < -0.39 is 7.82 Å². The van der Waals surface area contributed by atoms with Crippen LogP contribution >= 0.6 is 7.82 Å². The molecular weight excluding hydrogens is 781 g/mol. The summed E-state index contributed by atoms with van der Waals surface area (Å²) in [6.07, 6.45) is 4.37. The van der Waals surface area contributed by atoms with E-state index in [1.165, 1.54) is 39.2 Å². The molecule has 11 nitrogen and oxygen atoms in total. The molecule has 0 aliphatic heterocycles. The van der Waals surface area contributed by atoms with Crippen LogP contribution in [0.3, 0.4) is 0 Å². The maximum atomic E-state index is 8.88. The van der Waals surface area contributed by atoms with Crippen molar-refractivity contribution in [2.75, 3.05) is 38.0 Å². The molecule has 0 aromatic heterocycles. The van der Waals surface area contributed by atoms with Gasteiger partial charge < -0.3 is 46.4 Å². The molecule has 0 radical (unpaired) electrons. The quantitative estimate of drug-likeness (QED) is 0.252. The first-order valence-corrected chi connectivity index (χ1v) is 14.6. The van der Waals surface area contributed by atoms with E-state index in [0.717, 1.165) is 17.0 Å². The molecule has 0 unspecified atom stereocenters. The summed E-state index contributed by atoms with van der Waals surface area (Å²) in [6.45, 7) is 0. The van der Waals surface area contributed by atoms with Crippen LogP contribution in [0.25, 0.3) is 11.1 Å². The minimum Gasteiger partial charge on any atom is -0.870 e. The third-order valence-electron chi connectivity index (χ3n) is 6.52. The smallest absolute Gasteiger partial charge is 0.466 e. The van der Waals surface area contributed by atoms with Gasteiger partial charge in [-0.3, -0.25) is 0 Å². The molecule has 0 bridgehead atoms.